The van der Waals surface area contributed by atoms with Crippen molar-refractivity contribution in [3.63, 3.8) is 0 Å². The first kappa shape index (κ1) is 16.6. The average Bonchev–Trinajstić information content (AvgIpc) is 3.09. The zero-order valence-electron chi connectivity index (χ0n) is 13.8. The molecule has 0 unspecified atom stereocenters. The highest BCUT2D eigenvalue weighted by Gasteiger charge is 2.13. The molecule has 1 amide bonds. The van der Waals surface area contributed by atoms with Crippen molar-refractivity contribution in [2.45, 2.75) is 20.0 Å². The topological polar surface area (TPSA) is 118 Å². The van der Waals surface area contributed by atoms with Gasteiger partial charge in [0.15, 0.2) is 0 Å². The molecule has 4 N–H and O–H groups in total. The fourth-order valence-corrected chi connectivity index (χ4v) is 2.74. The van der Waals surface area contributed by atoms with Gasteiger partial charge in [0.25, 0.3) is 5.91 Å². The number of amides is 1. The van der Waals surface area contributed by atoms with Gasteiger partial charge in [-0.15, -0.1) is 0 Å². The Bertz CT molecular complexity index is 941. The van der Waals surface area contributed by atoms with Crippen molar-refractivity contribution in [3.8, 4) is 0 Å². The van der Waals surface area contributed by atoms with Gasteiger partial charge in [0.2, 0.25) is 0 Å². The lowest BCUT2D eigenvalue weighted by molar-refractivity contribution is -0.144. The number of nitrogen functional groups attached to an aromatic ring is 1. The fourth-order valence-electron chi connectivity index (χ4n) is 2.74. The smallest absolute Gasteiger partial charge is 0.326 e. The molecule has 0 aliphatic heterocycles. The summed E-state index contributed by atoms with van der Waals surface area (Å²) in [5.74, 6) is -0.836. The molecular weight excluding hydrogens is 322 g/mol. The number of para-hydroxylation sites is 1. The molecule has 2 heterocycles. The van der Waals surface area contributed by atoms with Crippen molar-refractivity contribution in [1.29, 1.82) is 0 Å². The molecule has 0 spiro atoms. The highest BCUT2D eigenvalue weighted by molar-refractivity contribution is 5.96. The first-order chi connectivity index (χ1) is 12.0. The van der Waals surface area contributed by atoms with E-state index < -0.39 is 5.91 Å². The predicted octanol–water partition coefficient (Wildman–Crippen LogP) is 1.07. The number of nitrogens with two attached hydrogens (primary N) is 2. The molecule has 0 radical (unpaired) electrons. The highest BCUT2D eigenvalue weighted by atomic mass is 16.5. The molecule has 0 saturated carbocycles. The molecule has 0 bridgehead atoms. The standard InChI is InChI=1S/C17H19N5O3/c1-11-8-12-4-2-3-5-14(12)21(11)10-15(23)25-7-6-22-16(18)13(9-20-22)17(19)24/h2-5,8-9H,6-7,10,18H2,1H3,(H2,19,24). The summed E-state index contributed by atoms with van der Waals surface area (Å²) in [5.41, 5.74) is 13.1. The zero-order valence-corrected chi connectivity index (χ0v) is 13.8. The maximum absolute atomic E-state index is 12.1. The average molecular weight is 341 g/mol. The van der Waals surface area contributed by atoms with Crippen molar-refractivity contribution >= 4 is 28.6 Å². The van der Waals surface area contributed by atoms with Crippen LogP contribution in [-0.4, -0.2) is 32.8 Å². The predicted molar refractivity (Wildman–Crippen MR) is 92.8 cm³/mol. The minimum absolute atomic E-state index is 0.0984. The van der Waals surface area contributed by atoms with E-state index in [1.807, 2.05) is 41.8 Å². The first-order valence-corrected chi connectivity index (χ1v) is 7.79. The summed E-state index contributed by atoms with van der Waals surface area (Å²) in [6.45, 7) is 2.42. The van der Waals surface area contributed by atoms with E-state index in [4.69, 9.17) is 16.2 Å². The molecule has 0 aliphatic carbocycles. The Morgan fingerprint density at radius 3 is 2.76 bits per heavy atom. The van der Waals surface area contributed by atoms with Gasteiger partial charge in [0.1, 0.15) is 24.5 Å². The molecule has 0 aliphatic rings. The van der Waals surface area contributed by atoms with E-state index in [9.17, 15) is 9.59 Å². The van der Waals surface area contributed by atoms with Crippen LogP contribution in [0.15, 0.2) is 36.5 Å². The fraction of sp³-hybridized carbons (Fsp3) is 0.235. The number of hydrogen-bond donors (Lipinski definition) is 2. The van der Waals surface area contributed by atoms with E-state index in [1.165, 1.54) is 10.9 Å². The van der Waals surface area contributed by atoms with Gasteiger partial charge in [0.05, 0.1) is 12.7 Å². The summed E-state index contributed by atoms with van der Waals surface area (Å²) in [6.07, 6.45) is 1.30. The Labute approximate surface area is 144 Å². The molecule has 25 heavy (non-hydrogen) atoms. The highest BCUT2D eigenvalue weighted by Crippen LogP contribution is 2.19. The second-order valence-electron chi connectivity index (χ2n) is 5.68. The molecule has 0 fully saturated rings. The number of hydrogen-bond acceptors (Lipinski definition) is 5. The number of rotatable bonds is 6. The lowest BCUT2D eigenvalue weighted by atomic mass is 10.2. The third kappa shape index (κ3) is 3.32. The van der Waals surface area contributed by atoms with Crippen molar-refractivity contribution in [3.05, 3.63) is 47.8 Å². The third-order valence-electron chi connectivity index (χ3n) is 4.02. The molecule has 1 aromatic carbocycles. The number of anilines is 1. The Morgan fingerprint density at radius 1 is 1.28 bits per heavy atom. The van der Waals surface area contributed by atoms with Crippen LogP contribution in [0.1, 0.15) is 16.1 Å². The van der Waals surface area contributed by atoms with E-state index in [0.717, 1.165) is 16.6 Å². The van der Waals surface area contributed by atoms with Crippen LogP contribution in [0.2, 0.25) is 0 Å². The summed E-state index contributed by atoms with van der Waals surface area (Å²) in [4.78, 5) is 23.3. The number of ether oxygens (including phenoxy) is 1. The van der Waals surface area contributed by atoms with E-state index in [0.29, 0.717) is 0 Å². The number of esters is 1. The van der Waals surface area contributed by atoms with Gasteiger partial charge in [-0.25, -0.2) is 4.68 Å². The number of primary amides is 1. The summed E-state index contributed by atoms with van der Waals surface area (Å²) in [6, 6.07) is 9.88. The Kier molecular flexibility index (Phi) is 4.42. The summed E-state index contributed by atoms with van der Waals surface area (Å²) < 4.78 is 8.54. The molecule has 8 heteroatoms. The Balaban J connectivity index is 1.60. The largest absolute Gasteiger partial charge is 0.462 e. The molecule has 0 saturated heterocycles. The van der Waals surface area contributed by atoms with Gasteiger partial charge in [-0.1, -0.05) is 18.2 Å². The molecule has 130 valence electrons. The molecule has 8 nitrogen and oxygen atoms in total. The van der Waals surface area contributed by atoms with Gasteiger partial charge >= 0.3 is 5.97 Å². The Morgan fingerprint density at radius 2 is 2.04 bits per heavy atom. The Hall–Kier alpha value is -3.29. The normalized spacial score (nSPS) is 10.9. The quantitative estimate of drug-likeness (QED) is 0.650. The first-order valence-electron chi connectivity index (χ1n) is 7.79. The minimum Gasteiger partial charge on any atom is -0.462 e. The molecule has 2 aromatic heterocycles. The van der Waals surface area contributed by atoms with Gasteiger partial charge < -0.3 is 20.8 Å². The third-order valence-corrected chi connectivity index (χ3v) is 4.02. The zero-order chi connectivity index (χ0) is 18.0. The molecular formula is C17H19N5O3. The van der Waals surface area contributed by atoms with Crippen molar-refractivity contribution < 1.29 is 14.3 Å². The van der Waals surface area contributed by atoms with E-state index in [-0.39, 0.29) is 37.0 Å². The van der Waals surface area contributed by atoms with Crippen molar-refractivity contribution in [2.24, 2.45) is 5.73 Å². The summed E-state index contributed by atoms with van der Waals surface area (Å²) in [5, 5.41) is 5.04. The lowest BCUT2D eigenvalue weighted by Crippen LogP contribution is -2.19. The van der Waals surface area contributed by atoms with Gasteiger partial charge in [-0.05, 0) is 24.4 Å². The number of aryl methyl sites for hydroxylation is 1. The maximum Gasteiger partial charge on any atom is 0.326 e. The molecule has 0 atom stereocenters. The SMILES string of the molecule is Cc1cc2ccccc2n1CC(=O)OCCn1ncc(C(N)=O)c1N. The summed E-state index contributed by atoms with van der Waals surface area (Å²) in [7, 11) is 0. The van der Waals surface area contributed by atoms with Gasteiger partial charge in [0, 0.05) is 11.2 Å². The molecule has 3 aromatic rings. The maximum atomic E-state index is 12.1. The lowest BCUT2D eigenvalue weighted by Gasteiger charge is -2.09. The van der Waals surface area contributed by atoms with Crippen LogP contribution in [0.5, 0.6) is 0 Å². The van der Waals surface area contributed by atoms with Crippen molar-refractivity contribution in [1.82, 2.24) is 14.3 Å². The minimum atomic E-state index is -0.643. The summed E-state index contributed by atoms with van der Waals surface area (Å²) >= 11 is 0. The second kappa shape index (κ2) is 6.68. The van der Waals surface area contributed by atoms with Crippen LogP contribution in [0, 0.1) is 6.92 Å². The number of fused-ring (bicyclic) bond motifs is 1. The van der Waals surface area contributed by atoms with Crippen LogP contribution < -0.4 is 11.5 Å². The second-order valence-corrected chi connectivity index (χ2v) is 5.68. The van der Waals surface area contributed by atoms with Crippen LogP contribution in [0.4, 0.5) is 5.82 Å². The van der Waals surface area contributed by atoms with Crippen LogP contribution in [-0.2, 0) is 22.6 Å². The van der Waals surface area contributed by atoms with Gasteiger partial charge in [-0.3, -0.25) is 9.59 Å². The van der Waals surface area contributed by atoms with Gasteiger partial charge in [-0.2, -0.15) is 5.10 Å². The number of nitrogens with zero attached hydrogens (tertiary/aromatic N) is 3. The van der Waals surface area contributed by atoms with E-state index in [1.54, 1.807) is 0 Å². The number of benzene rings is 1. The number of carbonyl (C=O) groups is 2. The number of carbonyl (C=O) groups excluding carboxylic acids is 2. The van der Waals surface area contributed by atoms with Crippen LogP contribution >= 0.6 is 0 Å². The van der Waals surface area contributed by atoms with Crippen LogP contribution in [0.25, 0.3) is 10.9 Å². The number of aromatic nitrogens is 3. The van der Waals surface area contributed by atoms with E-state index >= 15 is 0 Å². The van der Waals surface area contributed by atoms with Crippen LogP contribution in [0.3, 0.4) is 0 Å². The molecule has 3 rings (SSSR count). The van der Waals surface area contributed by atoms with Crippen molar-refractivity contribution in [2.75, 3.05) is 12.3 Å². The monoisotopic (exact) mass is 341 g/mol. The van der Waals surface area contributed by atoms with E-state index in [2.05, 4.69) is 5.10 Å².